The van der Waals surface area contributed by atoms with E-state index in [-0.39, 0.29) is 5.91 Å². The van der Waals surface area contributed by atoms with Crippen LogP contribution in [0, 0.1) is 4.77 Å². The van der Waals surface area contributed by atoms with E-state index < -0.39 is 0 Å². The quantitative estimate of drug-likeness (QED) is 0.488. The summed E-state index contributed by atoms with van der Waals surface area (Å²) in [6.45, 7) is 2.62. The predicted molar refractivity (Wildman–Crippen MR) is 118 cm³/mol. The number of carbonyl (C=O) groups is 1. The summed E-state index contributed by atoms with van der Waals surface area (Å²) in [6, 6.07) is 15.6. The van der Waals surface area contributed by atoms with Gasteiger partial charge in [0.15, 0.2) is 10.6 Å². The van der Waals surface area contributed by atoms with Crippen molar-refractivity contribution in [1.82, 2.24) is 14.8 Å². The van der Waals surface area contributed by atoms with E-state index in [0.717, 1.165) is 23.4 Å². The lowest BCUT2D eigenvalue weighted by molar-refractivity contribution is -0.116. The first-order valence-electron chi connectivity index (χ1n) is 9.79. The second-order valence-corrected chi connectivity index (χ2v) is 7.22. The molecular weight excluding hydrogens is 384 g/mol. The highest BCUT2D eigenvalue weighted by Crippen LogP contribution is 2.21. The molecule has 2 N–H and O–H groups in total. The maximum absolute atomic E-state index is 12.4. The smallest absolute Gasteiger partial charge is 0.226 e. The Balaban J connectivity index is 1.61. The van der Waals surface area contributed by atoms with Crippen molar-refractivity contribution in [3.8, 4) is 17.1 Å². The van der Waals surface area contributed by atoms with Crippen molar-refractivity contribution >= 4 is 23.8 Å². The number of aryl methyl sites for hydroxylation is 1. The third-order valence-corrected chi connectivity index (χ3v) is 5.04. The van der Waals surface area contributed by atoms with Crippen molar-refractivity contribution in [2.24, 2.45) is 0 Å². The normalized spacial score (nSPS) is 10.7. The number of aromatic amines is 1. The number of aromatic nitrogens is 3. The van der Waals surface area contributed by atoms with Gasteiger partial charge in [-0.3, -0.25) is 14.5 Å². The number of hydrogen-bond donors (Lipinski definition) is 2. The van der Waals surface area contributed by atoms with Crippen molar-refractivity contribution in [1.29, 1.82) is 0 Å². The van der Waals surface area contributed by atoms with Crippen molar-refractivity contribution in [2.45, 2.75) is 39.2 Å². The highest BCUT2D eigenvalue weighted by molar-refractivity contribution is 7.71. The number of carbonyl (C=O) groups excluding carboxylic acids is 1. The van der Waals surface area contributed by atoms with Gasteiger partial charge in [-0.15, -0.1) is 0 Å². The molecule has 3 aromatic rings. The molecule has 3 rings (SSSR count). The van der Waals surface area contributed by atoms with Crippen molar-refractivity contribution in [3.63, 3.8) is 0 Å². The average molecular weight is 411 g/mol. The third-order valence-electron chi connectivity index (χ3n) is 4.73. The SMILES string of the molecule is CCCCc1ccc(NC(=O)CCn2c(-c3ccc(OC)cc3)n[nH]c2=S)cc1. The Morgan fingerprint density at radius 1 is 1.17 bits per heavy atom. The molecule has 0 fully saturated rings. The minimum absolute atomic E-state index is 0.0601. The average Bonchev–Trinajstić information content (AvgIpc) is 3.12. The lowest BCUT2D eigenvalue weighted by Crippen LogP contribution is -2.15. The van der Waals surface area contributed by atoms with Crippen LogP contribution in [-0.2, 0) is 17.8 Å². The van der Waals surface area contributed by atoms with Gasteiger partial charge in [-0.1, -0.05) is 25.5 Å². The molecule has 2 aromatic carbocycles. The number of rotatable bonds is 9. The molecule has 1 heterocycles. The Morgan fingerprint density at radius 2 is 1.90 bits per heavy atom. The predicted octanol–water partition coefficient (Wildman–Crippen LogP) is 4.99. The highest BCUT2D eigenvalue weighted by Gasteiger charge is 2.11. The number of nitrogens with one attached hydrogen (secondary N) is 2. The molecule has 6 nitrogen and oxygen atoms in total. The van der Waals surface area contributed by atoms with E-state index in [9.17, 15) is 4.79 Å². The minimum atomic E-state index is -0.0601. The molecule has 1 amide bonds. The van der Waals surface area contributed by atoms with Gasteiger partial charge in [0.05, 0.1) is 7.11 Å². The standard InChI is InChI=1S/C22H26N4O2S/c1-3-4-5-16-6-10-18(11-7-16)23-20(27)14-15-26-21(24-25-22(26)29)17-8-12-19(28-2)13-9-17/h6-13H,3-5,14-15H2,1-2H3,(H,23,27)(H,25,29). The molecule has 0 atom stereocenters. The second kappa shape index (κ2) is 10.0. The molecule has 7 heteroatoms. The number of nitrogens with zero attached hydrogens (tertiary/aromatic N) is 2. The molecule has 1 aromatic heterocycles. The number of benzene rings is 2. The summed E-state index contributed by atoms with van der Waals surface area (Å²) in [5, 5.41) is 10.1. The van der Waals surface area contributed by atoms with E-state index in [1.807, 2.05) is 41.0 Å². The number of ether oxygens (including phenoxy) is 1. The molecule has 0 aliphatic rings. The molecule has 0 unspecified atom stereocenters. The fraction of sp³-hybridized carbons (Fsp3) is 0.318. The van der Waals surface area contributed by atoms with E-state index >= 15 is 0 Å². The van der Waals surface area contributed by atoms with Gasteiger partial charge in [0.25, 0.3) is 0 Å². The summed E-state index contributed by atoms with van der Waals surface area (Å²) in [6.07, 6.45) is 3.72. The zero-order chi connectivity index (χ0) is 20.6. The monoisotopic (exact) mass is 410 g/mol. The lowest BCUT2D eigenvalue weighted by Gasteiger charge is -2.09. The summed E-state index contributed by atoms with van der Waals surface area (Å²) in [5.74, 6) is 1.41. The Kier molecular flexibility index (Phi) is 7.19. The van der Waals surface area contributed by atoms with Gasteiger partial charge in [0.2, 0.25) is 5.91 Å². The fourth-order valence-corrected chi connectivity index (χ4v) is 3.28. The summed E-state index contributed by atoms with van der Waals surface area (Å²) in [5.41, 5.74) is 3.00. The Labute approximate surface area is 175 Å². The number of H-pyrrole nitrogens is 1. The largest absolute Gasteiger partial charge is 0.497 e. The van der Waals surface area contributed by atoms with E-state index in [4.69, 9.17) is 17.0 Å². The van der Waals surface area contributed by atoms with Gasteiger partial charge in [-0.2, -0.15) is 5.10 Å². The van der Waals surface area contributed by atoms with Crippen LogP contribution in [-0.4, -0.2) is 27.8 Å². The van der Waals surface area contributed by atoms with Crippen LogP contribution in [0.5, 0.6) is 5.75 Å². The van der Waals surface area contributed by atoms with E-state index in [0.29, 0.717) is 23.6 Å². The third kappa shape index (κ3) is 5.54. The Morgan fingerprint density at radius 3 is 2.55 bits per heavy atom. The van der Waals surface area contributed by atoms with Crippen LogP contribution < -0.4 is 10.1 Å². The molecule has 0 aliphatic heterocycles. The van der Waals surface area contributed by atoms with Crippen LogP contribution in [0.3, 0.4) is 0 Å². The highest BCUT2D eigenvalue weighted by atomic mass is 32.1. The van der Waals surface area contributed by atoms with Gasteiger partial charge in [0, 0.05) is 24.2 Å². The molecule has 0 saturated heterocycles. The maximum atomic E-state index is 12.4. The lowest BCUT2D eigenvalue weighted by atomic mass is 10.1. The van der Waals surface area contributed by atoms with Crippen molar-refractivity contribution in [2.75, 3.05) is 12.4 Å². The van der Waals surface area contributed by atoms with E-state index in [1.54, 1.807) is 7.11 Å². The van der Waals surface area contributed by atoms with E-state index in [2.05, 4.69) is 34.6 Å². The summed E-state index contributed by atoms with van der Waals surface area (Å²) in [4.78, 5) is 12.4. The van der Waals surface area contributed by atoms with Crippen molar-refractivity contribution in [3.05, 3.63) is 58.9 Å². The number of methoxy groups -OCH3 is 1. The zero-order valence-corrected chi connectivity index (χ0v) is 17.6. The zero-order valence-electron chi connectivity index (χ0n) is 16.8. The van der Waals surface area contributed by atoms with Crippen LogP contribution in [0.15, 0.2) is 48.5 Å². The minimum Gasteiger partial charge on any atom is -0.497 e. The summed E-state index contributed by atoms with van der Waals surface area (Å²) in [7, 11) is 1.63. The van der Waals surface area contributed by atoms with Crippen molar-refractivity contribution < 1.29 is 9.53 Å². The summed E-state index contributed by atoms with van der Waals surface area (Å²) >= 11 is 5.34. The van der Waals surface area contributed by atoms with Gasteiger partial charge >= 0.3 is 0 Å². The van der Waals surface area contributed by atoms with Crippen LogP contribution in [0.4, 0.5) is 5.69 Å². The maximum Gasteiger partial charge on any atom is 0.226 e. The molecule has 0 saturated carbocycles. The van der Waals surface area contributed by atoms with Crippen LogP contribution >= 0.6 is 12.2 Å². The first-order chi connectivity index (χ1) is 14.1. The first kappa shape index (κ1) is 20.8. The molecule has 152 valence electrons. The Hall–Kier alpha value is -2.93. The number of anilines is 1. The molecular formula is C22H26N4O2S. The molecule has 0 radical (unpaired) electrons. The number of amides is 1. The van der Waals surface area contributed by atoms with Crippen LogP contribution in [0.1, 0.15) is 31.7 Å². The van der Waals surface area contributed by atoms with Gasteiger partial charge in [-0.25, -0.2) is 0 Å². The molecule has 0 aliphatic carbocycles. The van der Waals surface area contributed by atoms with Gasteiger partial charge in [0.1, 0.15) is 5.75 Å². The summed E-state index contributed by atoms with van der Waals surface area (Å²) < 4.78 is 7.52. The topological polar surface area (TPSA) is 71.9 Å². The number of unbranched alkanes of at least 4 members (excludes halogenated alkanes) is 1. The second-order valence-electron chi connectivity index (χ2n) is 6.83. The van der Waals surface area contributed by atoms with Gasteiger partial charge < -0.3 is 10.1 Å². The Bertz CT molecular complexity index is 991. The van der Waals surface area contributed by atoms with E-state index in [1.165, 1.54) is 18.4 Å². The molecule has 29 heavy (non-hydrogen) atoms. The molecule has 0 bridgehead atoms. The van der Waals surface area contributed by atoms with Crippen LogP contribution in [0.2, 0.25) is 0 Å². The van der Waals surface area contributed by atoms with Gasteiger partial charge in [-0.05, 0) is 67.0 Å². The fourth-order valence-electron chi connectivity index (χ4n) is 3.06. The molecule has 0 spiro atoms. The van der Waals surface area contributed by atoms with Crippen LogP contribution in [0.25, 0.3) is 11.4 Å². The first-order valence-corrected chi connectivity index (χ1v) is 10.2. The number of hydrogen-bond acceptors (Lipinski definition) is 4.